The number of piperazine rings is 1. The predicted octanol–water partition coefficient (Wildman–Crippen LogP) is 1.56. The van der Waals surface area contributed by atoms with Crippen molar-refractivity contribution in [1.29, 1.82) is 0 Å². The van der Waals surface area contributed by atoms with Gasteiger partial charge in [0.2, 0.25) is 0 Å². The lowest BCUT2D eigenvalue weighted by molar-refractivity contribution is 0.0705. The maximum Gasteiger partial charge on any atom is 0.257 e. The molecule has 1 saturated heterocycles. The first-order valence-electron chi connectivity index (χ1n) is 6.41. The molecule has 1 fully saturated rings. The second kappa shape index (κ2) is 7.36. The number of ether oxygens (including phenoxy) is 2. The van der Waals surface area contributed by atoms with Crippen molar-refractivity contribution in [3.05, 3.63) is 23.8 Å². The largest absolute Gasteiger partial charge is 0.493 e. The van der Waals surface area contributed by atoms with Gasteiger partial charge in [-0.2, -0.15) is 0 Å². The van der Waals surface area contributed by atoms with Crippen LogP contribution in [-0.2, 0) is 0 Å². The molecule has 0 radical (unpaired) electrons. The maximum absolute atomic E-state index is 12.6. The lowest BCUT2D eigenvalue weighted by atomic mass is 10.1. The van der Waals surface area contributed by atoms with Crippen LogP contribution >= 0.6 is 12.4 Å². The van der Waals surface area contributed by atoms with Gasteiger partial charge >= 0.3 is 0 Å². The standard InChI is InChI=1S/C14H20N2O3.ClH/c1-10-9-16(8-7-15-10)14(17)11-5-4-6-12(18-2)13(11)19-3;/h4-6,10,15H,7-9H2,1-3H3;1H/t10-;/m0./s1. The molecule has 1 heterocycles. The molecule has 1 N–H and O–H groups in total. The monoisotopic (exact) mass is 300 g/mol. The number of amides is 1. The number of hydrogen-bond donors (Lipinski definition) is 1. The minimum Gasteiger partial charge on any atom is -0.493 e. The molecule has 1 aliphatic heterocycles. The van der Waals surface area contributed by atoms with E-state index < -0.39 is 0 Å². The molecule has 0 aliphatic carbocycles. The van der Waals surface area contributed by atoms with E-state index in [0.717, 1.165) is 6.54 Å². The van der Waals surface area contributed by atoms with Crippen molar-refractivity contribution in [2.24, 2.45) is 0 Å². The van der Waals surface area contributed by atoms with Gasteiger partial charge in [-0.05, 0) is 19.1 Å². The molecule has 20 heavy (non-hydrogen) atoms. The summed E-state index contributed by atoms with van der Waals surface area (Å²) in [6.45, 7) is 4.31. The third kappa shape index (κ3) is 3.35. The molecule has 6 heteroatoms. The SMILES string of the molecule is COc1cccc(C(=O)N2CCN[C@@H](C)C2)c1OC.Cl. The molecule has 0 unspecified atom stereocenters. The van der Waals surface area contributed by atoms with E-state index in [4.69, 9.17) is 9.47 Å². The number of methoxy groups -OCH3 is 2. The predicted molar refractivity (Wildman–Crippen MR) is 80.2 cm³/mol. The Morgan fingerprint density at radius 3 is 2.70 bits per heavy atom. The molecule has 1 aromatic rings. The summed E-state index contributed by atoms with van der Waals surface area (Å²) in [6, 6.07) is 5.68. The molecule has 1 aliphatic rings. The van der Waals surface area contributed by atoms with Crippen LogP contribution in [0.3, 0.4) is 0 Å². The molecule has 0 bridgehead atoms. The Morgan fingerprint density at radius 2 is 2.10 bits per heavy atom. The van der Waals surface area contributed by atoms with Crippen LogP contribution in [0.4, 0.5) is 0 Å². The smallest absolute Gasteiger partial charge is 0.257 e. The summed E-state index contributed by atoms with van der Waals surface area (Å²) in [6.07, 6.45) is 0. The summed E-state index contributed by atoms with van der Waals surface area (Å²) >= 11 is 0. The van der Waals surface area contributed by atoms with E-state index in [0.29, 0.717) is 36.2 Å². The number of nitrogens with one attached hydrogen (secondary N) is 1. The quantitative estimate of drug-likeness (QED) is 0.920. The first-order chi connectivity index (χ1) is 9.17. The minimum absolute atomic E-state index is 0. The van der Waals surface area contributed by atoms with Crippen molar-refractivity contribution in [2.45, 2.75) is 13.0 Å². The number of benzene rings is 1. The van der Waals surface area contributed by atoms with E-state index in [-0.39, 0.29) is 18.3 Å². The van der Waals surface area contributed by atoms with Gasteiger partial charge in [-0.15, -0.1) is 12.4 Å². The fourth-order valence-corrected chi connectivity index (χ4v) is 2.34. The fourth-order valence-electron chi connectivity index (χ4n) is 2.34. The first-order valence-corrected chi connectivity index (χ1v) is 6.41. The molecule has 0 spiro atoms. The van der Waals surface area contributed by atoms with Gasteiger partial charge in [0.05, 0.1) is 19.8 Å². The summed E-state index contributed by atoms with van der Waals surface area (Å²) in [5.41, 5.74) is 0.552. The average molecular weight is 301 g/mol. The molecule has 1 atom stereocenters. The summed E-state index contributed by atoms with van der Waals surface area (Å²) in [7, 11) is 3.12. The van der Waals surface area contributed by atoms with Crippen LogP contribution in [0.2, 0.25) is 0 Å². The van der Waals surface area contributed by atoms with Gasteiger partial charge in [0.15, 0.2) is 11.5 Å². The van der Waals surface area contributed by atoms with Gasteiger partial charge in [0.25, 0.3) is 5.91 Å². The molecule has 0 aromatic heterocycles. The topological polar surface area (TPSA) is 50.8 Å². The normalized spacial score (nSPS) is 18.1. The maximum atomic E-state index is 12.6. The highest BCUT2D eigenvalue weighted by atomic mass is 35.5. The molecule has 112 valence electrons. The number of carbonyl (C=O) groups is 1. The van der Waals surface area contributed by atoms with Crippen LogP contribution < -0.4 is 14.8 Å². The Hall–Kier alpha value is -1.46. The van der Waals surface area contributed by atoms with Crippen molar-refractivity contribution >= 4 is 18.3 Å². The van der Waals surface area contributed by atoms with E-state index in [2.05, 4.69) is 12.2 Å². The molecule has 2 rings (SSSR count). The minimum atomic E-state index is -0.0101. The van der Waals surface area contributed by atoms with Crippen LogP contribution in [-0.4, -0.2) is 50.7 Å². The van der Waals surface area contributed by atoms with Crippen molar-refractivity contribution in [3.63, 3.8) is 0 Å². The van der Waals surface area contributed by atoms with Crippen molar-refractivity contribution in [1.82, 2.24) is 10.2 Å². The van der Waals surface area contributed by atoms with E-state index >= 15 is 0 Å². The highest BCUT2D eigenvalue weighted by Gasteiger charge is 2.25. The van der Waals surface area contributed by atoms with Gasteiger partial charge in [-0.25, -0.2) is 0 Å². The van der Waals surface area contributed by atoms with E-state index in [9.17, 15) is 4.79 Å². The van der Waals surface area contributed by atoms with Gasteiger partial charge < -0.3 is 19.7 Å². The van der Waals surface area contributed by atoms with Crippen LogP contribution in [0.1, 0.15) is 17.3 Å². The van der Waals surface area contributed by atoms with Crippen molar-refractivity contribution in [2.75, 3.05) is 33.9 Å². The third-order valence-electron chi connectivity index (χ3n) is 3.29. The summed E-state index contributed by atoms with van der Waals surface area (Å²) in [4.78, 5) is 14.4. The Labute approximate surface area is 125 Å². The first kappa shape index (κ1) is 16.6. The summed E-state index contributed by atoms with van der Waals surface area (Å²) < 4.78 is 10.5. The van der Waals surface area contributed by atoms with Gasteiger partial charge in [-0.3, -0.25) is 4.79 Å². The number of rotatable bonds is 3. The zero-order chi connectivity index (χ0) is 13.8. The Kier molecular flexibility index (Phi) is 6.10. The third-order valence-corrected chi connectivity index (χ3v) is 3.29. The van der Waals surface area contributed by atoms with Crippen molar-refractivity contribution in [3.8, 4) is 11.5 Å². The fraction of sp³-hybridized carbons (Fsp3) is 0.500. The molecule has 0 saturated carbocycles. The summed E-state index contributed by atoms with van der Waals surface area (Å²) in [5.74, 6) is 1.07. The lowest BCUT2D eigenvalue weighted by Gasteiger charge is -2.32. The van der Waals surface area contributed by atoms with Crippen LogP contribution in [0, 0.1) is 0 Å². The van der Waals surface area contributed by atoms with E-state index in [1.54, 1.807) is 32.4 Å². The average Bonchev–Trinajstić information content (AvgIpc) is 2.45. The Balaban J connectivity index is 0.00000200. The van der Waals surface area contributed by atoms with Crippen LogP contribution in [0.25, 0.3) is 0 Å². The zero-order valence-electron chi connectivity index (χ0n) is 12.0. The Bertz CT molecular complexity index is 468. The number of carbonyl (C=O) groups excluding carboxylic acids is 1. The lowest BCUT2D eigenvalue weighted by Crippen LogP contribution is -2.51. The number of halogens is 1. The molecular formula is C14H21ClN2O3. The number of hydrogen-bond acceptors (Lipinski definition) is 4. The molecule has 1 amide bonds. The Morgan fingerprint density at radius 1 is 1.35 bits per heavy atom. The van der Waals surface area contributed by atoms with Gasteiger partial charge in [0, 0.05) is 25.7 Å². The van der Waals surface area contributed by atoms with Crippen LogP contribution in [0.5, 0.6) is 11.5 Å². The molecule has 1 aromatic carbocycles. The molecule has 5 nitrogen and oxygen atoms in total. The second-order valence-electron chi connectivity index (χ2n) is 4.65. The van der Waals surface area contributed by atoms with Crippen LogP contribution in [0.15, 0.2) is 18.2 Å². The second-order valence-corrected chi connectivity index (χ2v) is 4.65. The highest BCUT2D eigenvalue weighted by Crippen LogP contribution is 2.31. The van der Waals surface area contributed by atoms with Crippen molar-refractivity contribution < 1.29 is 14.3 Å². The van der Waals surface area contributed by atoms with E-state index in [1.807, 2.05) is 4.90 Å². The number of para-hydroxylation sites is 1. The number of nitrogens with zero attached hydrogens (tertiary/aromatic N) is 1. The van der Waals surface area contributed by atoms with Gasteiger partial charge in [0.1, 0.15) is 0 Å². The summed E-state index contributed by atoms with van der Waals surface area (Å²) in [5, 5.41) is 3.32. The zero-order valence-corrected chi connectivity index (χ0v) is 12.8. The highest BCUT2D eigenvalue weighted by molar-refractivity contribution is 5.98. The van der Waals surface area contributed by atoms with Gasteiger partial charge in [-0.1, -0.05) is 6.07 Å². The molecular weight excluding hydrogens is 280 g/mol. The van der Waals surface area contributed by atoms with E-state index in [1.165, 1.54) is 0 Å².